The molecular weight excluding hydrogens is 96.1 g/mol. The van der Waals surface area contributed by atoms with Crippen LogP contribution in [0.4, 0.5) is 0 Å². The lowest BCUT2D eigenvalue weighted by Gasteiger charge is -1.98. The fourth-order valence-electron chi connectivity index (χ4n) is 0.139. The van der Waals surface area contributed by atoms with Crippen molar-refractivity contribution in [1.82, 2.24) is 0 Å². The molecule has 0 aliphatic carbocycles. The van der Waals surface area contributed by atoms with Crippen molar-refractivity contribution in [2.45, 2.75) is 12.4 Å². The molecule has 0 amide bonds. The van der Waals surface area contributed by atoms with E-state index in [0.717, 1.165) is 0 Å². The Hall–Kier alpha value is -0.110. The third kappa shape index (κ3) is 3.89. The summed E-state index contributed by atoms with van der Waals surface area (Å²) in [6.45, 7) is 5.15. The second-order valence-corrected chi connectivity index (χ2v) is 1.63. The molecule has 6 heavy (non-hydrogen) atoms. The van der Waals surface area contributed by atoms with Crippen LogP contribution in [0.2, 0.25) is 0 Å². The van der Waals surface area contributed by atoms with Crippen LogP contribution in [0, 0.1) is 0 Å². The summed E-state index contributed by atoms with van der Waals surface area (Å²) in [7, 11) is 0. The largest absolute Gasteiger partial charge is 0.489 e. The molecule has 0 aliphatic heterocycles. The first-order chi connectivity index (χ1) is 2.77. The van der Waals surface area contributed by atoms with Crippen LogP contribution >= 0.6 is 12.6 Å². The summed E-state index contributed by atoms with van der Waals surface area (Å²) in [5.74, 6) is 0. The molecule has 0 radical (unpaired) electrons. The van der Waals surface area contributed by atoms with E-state index in [2.05, 4.69) is 23.9 Å². The molecule has 0 aliphatic rings. The second kappa shape index (κ2) is 3.09. The highest BCUT2D eigenvalue weighted by Crippen LogP contribution is 1.92. The molecule has 1 nitrogen and oxygen atoms in total. The van der Waals surface area contributed by atoms with Gasteiger partial charge in [0.1, 0.15) is 5.44 Å². The quantitative estimate of drug-likeness (QED) is 0.317. The maximum Gasteiger partial charge on any atom is 0.137 e. The molecule has 0 rings (SSSR count). The molecule has 0 N–H and O–H groups in total. The number of ether oxygens (including phenoxy) is 1. The van der Waals surface area contributed by atoms with E-state index in [9.17, 15) is 0 Å². The molecule has 1 unspecified atom stereocenters. The third-order valence-electron chi connectivity index (χ3n) is 0.293. The van der Waals surface area contributed by atoms with Crippen LogP contribution in [0.5, 0.6) is 0 Å². The molecule has 0 spiro atoms. The molecule has 0 fully saturated rings. The van der Waals surface area contributed by atoms with Crippen LogP contribution in [0.25, 0.3) is 0 Å². The summed E-state index contributed by atoms with van der Waals surface area (Å²) in [5, 5.41) is 0. The van der Waals surface area contributed by atoms with Crippen molar-refractivity contribution < 1.29 is 4.74 Å². The molecule has 0 bridgehead atoms. The van der Waals surface area contributed by atoms with Crippen molar-refractivity contribution in [3.8, 4) is 0 Å². The van der Waals surface area contributed by atoms with Crippen LogP contribution in [-0.4, -0.2) is 5.44 Å². The van der Waals surface area contributed by atoms with E-state index in [4.69, 9.17) is 0 Å². The van der Waals surface area contributed by atoms with E-state index in [-0.39, 0.29) is 5.44 Å². The smallest absolute Gasteiger partial charge is 0.137 e. The fourth-order valence-corrected chi connectivity index (χ4v) is 0.225. The Balaban J connectivity index is 2.81. The van der Waals surface area contributed by atoms with E-state index >= 15 is 0 Å². The standard InChI is InChI=1S/C4H8OS/c1-3-5-4(2)6/h3-4,6H,1H2,2H3. The molecule has 36 valence electrons. The van der Waals surface area contributed by atoms with Gasteiger partial charge in [0.15, 0.2) is 0 Å². The van der Waals surface area contributed by atoms with E-state index in [0.29, 0.717) is 0 Å². The van der Waals surface area contributed by atoms with Crippen LogP contribution in [0.15, 0.2) is 12.8 Å². The predicted molar refractivity (Wildman–Crippen MR) is 29.7 cm³/mol. The third-order valence-corrected chi connectivity index (χ3v) is 0.415. The minimum atomic E-state index is -0.0255. The van der Waals surface area contributed by atoms with Crippen molar-refractivity contribution in [1.29, 1.82) is 0 Å². The SMILES string of the molecule is C=COC(C)S. The Morgan fingerprint density at radius 1 is 2.00 bits per heavy atom. The first kappa shape index (κ1) is 5.89. The van der Waals surface area contributed by atoms with Gasteiger partial charge in [-0.15, -0.1) is 12.6 Å². The molecule has 1 atom stereocenters. The van der Waals surface area contributed by atoms with Gasteiger partial charge < -0.3 is 4.74 Å². The Labute approximate surface area is 43.4 Å². The number of hydrogen-bond donors (Lipinski definition) is 1. The lowest BCUT2D eigenvalue weighted by molar-refractivity contribution is 0.242. The Kier molecular flexibility index (Phi) is 3.04. The molecule has 0 aromatic rings. The van der Waals surface area contributed by atoms with Gasteiger partial charge in [0.25, 0.3) is 0 Å². The number of hydrogen-bond acceptors (Lipinski definition) is 2. The predicted octanol–water partition coefficient (Wildman–Crippen LogP) is 1.42. The normalized spacial score (nSPS) is 13.0. The highest BCUT2D eigenvalue weighted by Gasteiger charge is 1.82. The minimum Gasteiger partial charge on any atom is -0.489 e. The molecular formula is C4H8OS. The van der Waals surface area contributed by atoms with Gasteiger partial charge in [-0.25, -0.2) is 0 Å². The van der Waals surface area contributed by atoms with Crippen molar-refractivity contribution in [2.24, 2.45) is 0 Å². The van der Waals surface area contributed by atoms with Gasteiger partial charge in [-0.3, -0.25) is 0 Å². The van der Waals surface area contributed by atoms with E-state index in [1.807, 2.05) is 6.92 Å². The lowest BCUT2D eigenvalue weighted by Crippen LogP contribution is -1.88. The van der Waals surface area contributed by atoms with Crippen LogP contribution in [0.1, 0.15) is 6.92 Å². The Morgan fingerprint density at radius 2 is 2.50 bits per heavy atom. The van der Waals surface area contributed by atoms with Crippen molar-refractivity contribution >= 4 is 12.6 Å². The lowest BCUT2D eigenvalue weighted by atomic mass is 10.8. The highest BCUT2D eigenvalue weighted by molar-refractivity contribution is 7.80. The summed E-state index contributed by atoms with van der Waals surface area (Å²) in [4.78, 5) is 0. The fraction of sp³-hybridized carbons (Fsp3) is 0.500. The molecule has 2 heteroatoms. The number of thiol groups is 1. The zero-order chi connectivity index (χ0) is 4.99. The van der Waals surface area contributed by atoms with E-state index in [1.165, 1.54) is 6.26 Å². The highest BCUT2D eigenvalue weighted by atomic mass is 32.1. The summed E-state index contributed by atoms with van der Waals surface area (Å²) in [6.07, 6.45) is 1.37. The van der Waals surface area contributed by atoms with Crippen LogP contribution < -0.4 is 0 Å². The maximum atomic E-state index is 4.67. The van der Waals surface area contributed by atoms with Gasteiger partial charge in [0.05, 0.1) is 6.26 Å². The molecule has 0 heterocycles. The van der Waals surface area contributed by atoms with Gasteiger partial charge in [-0.1, -0.05) is 6.58 Å². The molecule has 0 saturated heterocycles. The molecule has 0 aromatic heterocycles. The van der Waals surface area contributed by atoms with Gasteiger partial charge in [-0.05, 0) is 6.92 Å². The second-order valence-electron chi connectivity index (χ2n) is 0.902. The molecule has 0 saturated carbocycles. The van der Waals surface area contributed by atoms with Crippen LogP contribution in [-0.2, 0) is 4.74 Å². The minimum absolute atomic E-state index is 0.0255. The average molecular weight is 104 g/mol. The monoisotopic (exact) mass is 104 g/mol. The maximum absolute atomic E-state index is 4.67. The first-order valence-corrected chi connectivity index (χ1v) is 2.23. The van der Waals surface area contributed by atoms with Gasteiger partial charge in [0.2, 0.25) is 0 Å². The van der Waals surface area contributed by atoms with Crippen LogP contribution in [0.3, 0.4) is 0 Å². The van der Waals surface area contributed by atoms with E-state index in [1.54, 1.807) is 0 Å². The first-order valence-electron chi connectivity index (χ1n) is 1.72. The summed E-state index contributed by atoms with van der Waals surface area (Å²) < 4.78 is 4.67. The summed E-state index contributed by atoms with van der Waals surface area (Å²) in [6, 6.07) is 0. The summed E-state index contributed by atoms with van der Waals surface area (Å²) in [5.41, 5.74) is -0.0255. The van der Waals surface area contributed by atoms with Crippen molar-refractivity contribution in [2.75, 3.05) is 0 Å². The van der Waals surface area contributed by atoms with Gasteiger partial charge in [-0.2, -0.15) is 0 Å². The number of rotatable bonds is 2. The molecule has 0 aromatic carbocycles. The van der Waals surface area contributed by atoms with E-state index < -0.39 is 0 Å². The van der Waals surface area contributed by atoms with Crippen molar-refractivity contribution in [3.05, 3.63) is 12.8 Å². The zero-order valence-electron chi connectivity index (χ0n) is 3.72. The van der Waals surface area contributed by atoms with Gasteiger partial charge in [0, 0.05) is 0 Å². The van der Waals surface area contributed by atoms with Gasteiger partial charge >= 0.3 is 0 Å². The average Bonchev–Trinajstić information content (AvgIpc) is 1.35. The summed E-state index contributed by atoms with van der Waals surface area (Å²) >= 11 is 3.88. The van der Waals surface area contributed by atoms with Crippen molar-refractivity contribution in [3.63, 3.8) is 0 Å². The topological polar surface area (TPSA) is 9.23 Å². The Morgan fingerprint density at radius 3 is 2.50 bits per heavy atom. The Bertz CT molecular complexity index is 42.8. The zero-order valence-corrected chi connectivity index (χ0v) is 4.61.